The molecule has 0 fully saturated rings. The third-order valence-electron chi connectivity index (χ3n) is 4.21. The highest BCUT2D eigenvalue weighted by molar-refractivity contribution is 8.00. The Morgan fingerprint density at radius 3 is 2.84 bits per heavy atom. The Kier molecular flexibility index (Phi) is 4.01. The van der Waals surface area contributed by atoms with Gasteiger partial charge in [0.1, 0.15) is 16.9 Å². The van der Waals surface area contributed by atoms with Crippen LogP contribution in [0.15, 0.2) is 57.0 Å². The Labute approximate surface area is 149 Å². The van der Waals surface area contributed by atoms with Crippen LogP contribution in [-0.2, 0) is 0 Å². The molecule has 3 heterocycles. The summed E-state index contributed by atoms with van der Waals surface area (Å²) in [5.74, 6) is 1.69. The van der Waals surface area contributed by atoms with Crippen LogP contribution in [0.1, 0.15) is 12.5 Å². The monoisotopic (exact) mass is 354 g/mol. The second-order valence-corrected chi connectivity index (χ2v) is 6.73. The number of pyridine rings is 1. The Morgan fingerprint density at radius 2 is 2.12 bits per heavy atom. The molecule has 2 N–H and O–H groups in total. The Hall–Kier alpha value is -2.67. The first-order valence-corrected chi connectivity index (χ1v) is 8.94. The Morgan fingerprint density at radius 1 is 1.32 bits per heavy atom. The SMILES string of the molecule is CCNC1=C2c3ccn(-c4ccc(OC)cc4)c(=O)c3SC2N=CN1. The molecular formula is C18H18N4O2S. The summed E-state index contributed by atoms with van der Waals surface area (Å²) in [5.41, 5.74) is 2.78. The van der Waals surface area contributed by atoms with Gasteiger partial charge in [0.25, 0.3) is 5.56 Å². The van der Waals surface area contributed by atoms with E-state index >= 15 is 0 Å². The number of benzene rings is 1. The van der Waals surface area contributed by atoms with Crippen molar-refractivity contribution in [2.75, 3.05) is 13.7 Å². The number of rotatable bonds is 4. The van der Waals surface area contributed by atoms with Gasteiger partial charge in [0, 0.05) is 29.6 Å². The number of aliphatic imine (C=N–C) groups is 1. The van der Waals surface area contributed by atoms with Crippen molar-refractivity contribution < 1.29 is 4.74 Å². The lowest BCUT2D eigenvalue weighted by Crippen LogP contribution is -2.31. The standard InChI is InChI=1S/C18H18N4O2S/c1-3-19-16-14-13-8-9-22(11-4-6-12(24-2)7-5-11)18(23)15(13)25-17(14)21-10-20-16/h4-10,17,19H,3H2,1-2H3,(H,20,21). The lowest BCUT2D eigenvalue weighted by molar-refractivity contribution is 0.414. The molecule has 1 aromatic carbocycles. The van der Waals surface area contributed by atoms with Crippen molar-refractivity contribution in [1.29, 1.82) is 0 Å². The van der Waals surface area contributed by atoms with Gasteiger partial charge in [0.15, 0.2) is 0 Å². The lowest BCUT2D eigenvalue weighted by Gasteiger charge is -2.19. The van der Waals surface area contributed by atoms with E-state index in [1.807, 2.05) is 43.5 Å². The topological polar surface area (TPSA) is 67.7 Å². The molecule has 0 amide bonds. The Bertz CT molecular complexity index is 931. The van der Waals surface area contributed by atoms with E-state index in [-0.39, 0.29) is 10.9 Å². The quantitative estimate of drug-likeness (QED) is 0.881. The van der Waals surface area contributed by atoms with E-state index in [0.29, 0.717) is 0 Å². The van der Waals surface area contributed by atoms with E-state index < -0.39 is 0 Å². The molecule has 4 rings (SSSR count). The predicted octanol–water partition coefficient (Wildman–Crippen LogP) is 2.19. The minimum absolute atomic E-state index is 0.0272. The summed E-state index contributed by atoms with van der Waals surface area (Å²) in [4.78, 5) is 18.2. The fourth-order valence-corrected chi connectivity index (χ4v) is 4.24. The van der Waals surface area contributed by atoms with Crippen molar-refractivity contribution in [2.45, 2.75) is 17.2 Å². The van der Waals surface area contributed by atoms with Gasteiger partial charge in [-0.2, -0.15) is 0 Å². The fraction of sp³-hybridized carbons (Fsp3) is 0.222. The van der Waals surface area contributed by atoms with Gasteiger partial charge in [0.05, 0.1) is 18.3 Å². The molecule has 1 aromatic heterocycles. The van der Waals surface area contributed by atoms with Gasteiger partial charge in [0.2, 0.25) is 0 Å². The molecule has 0 aliphatic carbocycles. The van der Waals surface area contributed by atoms with Crippen LogP contribution in [0.5, 0.6) is 5.75 Å². The smallest absolute Gasteiger partial charge is 0.269 e. The van der Waals surface area contributed by atoms with Crippen molar-refractivity contribution in [3.63, 3.8) is 0 Å². The molecular weight excluding hydrogens is 336 g/mol. The third-order valence-corrected chi connectivity index (χ3v) is 5.42. The highest BCUT2D eigenvalue weighted by atomic mass is 32.2. The molecule has 0 saturated carbocycles. The first kappa shape index (κ1) is 15.8. The molecule has 0 spiro atoms. The zero-order valence-corrected chi connectivity index (χ0v) is 14.8. The van der Waals surface area contributed by atoms with Crippen LogP contribution in [0.25, 0.3) is 11.3 Å². The fourth-order valence-electron chi connectivity index (χ4n) is 3.03. The molecule has 2 aliphatic heterocycles. The van der Waals surface area contributed by atoms with E-state index in [4.69, 9.17) is 4.74 Å². The predicted molar refractivity (Wildman–Crippen MR) is 100 cm³/mol. The van der Waals surface area contributed by atoms with Gasteiger partial charge < -0.3 is 15.4 Å². The van der Waals surface area contributed by atoms with Crippen LogP contribution in [0, 0.1) is 0 Å². The molecule has 7 heteroatoms. The highest BCUT2D eigenvalue weighted by Gasteiger charge is 2.34. The van der Waals surface area contributed by atoms with E-state index in [1.54, 1.807) is 18.0 Å². The molecule has 1 atom stereocenters. The van der Waals surface area contributed by atoms with Gasteiger partial charge in [-0.05, 0) is 37.3 Å². The zero-order valence-electron chi connectivity index (χ0n) is 13.9. The summed E-state index contributed by atoms with van der Waals surface area (Å²) in [5, 5.41) is 6.39. The van der Waals surface area contributed by atoms with Crippen molar-refractivity contribution in [2.24, 2.45) is 4.99 Å². The second kappa shape index (κ2) is 6.33. The molecule has 1 unspecified atom stereocenters. The van der Waals surface area contributed by atoms with Crippen LogP contribution in [0.4, 0.5) is 0 Å². The van der Waals surface area contributed by atoms with Crippen molar-refractivity contribution in [1.82, 2.24) is 15.2 Å². The second-order valence-electron chi connectivity index (χ2n) is 5.64. The van der Waals surface area contributed by atoms with E-state index in [2.05, 4.69) is 15.6 Å². The molecule has 6 nitrogen and oxygen atoms in total. The summed E-state index contributed by atoms with van der Waals surface area (Å²) in [7, 11) is 1.62. The molecule has 128 valence electrons. The maximum absolute atomic E-state index is 13.0. The summed E-state index contributed by atoms with van der Waals surface area (Å²) in [6.07, 6.45) is 3.51. The van der Waals surface area contributed by atoms with Crippen LogP contribution in [0.2, 0.25) is 0 Å². The van der Waals surface area contributed by atoms with E-state index in [0.717, 1.165) is 39.8 Å². The zero-order chi connectivity index (χ0) is 17.4. The largest absolute Gasteiger partial charge is 0.497 e. The first-order valence-electron chi connectivity index (χ1n) is 8.06. The van der Waals surface area contributed by atoms with Gasteiger partial charge in [-0.15, -0.1) is 0 Å². The number of nitrogens with one attached hydrogen (secondary N) is 2. The lowest BCUT2D eigenvalue weighted by atomic mass is 10.1. The first-order chi connectivity index (χ1) is 12.2. The number of hydrogen-bond donors (Lipinski definition) is 2. The number of hydrogen-bond acceptors (Lipinski definition) is 6. The van der Waals surface area contributed by atoms with Crippen LogP contribution in [0.3, 0.4) is 0 Å². The number of aromatic nitrogens is 1. The normalized spacial score (nSPS) is 17.8. The molecule has 25 heavy (non-hydrogen) atoms. The number of methoxy groups -OCH3 is 1. The summed E-state index contributed by atoms with van der Waals surface area (Å²) in [6.45, 7) is 2.84. The average Bonchev–Trinajstić information content (AvgIpc) is 3.03. The highest BCUT2D eigenvalue weighted by Crippen LogP contribution is 2.45. The van der Waals surface area contributed by atoms with Crippen molar-refractivity contribution >= 4 is 23.7 Å². The van der Waals surface area contributed by atoms with E-state index in [1.165, 1.54) is 11.8 Å². The summed E-state index contributed by atoms with van der Waals surface area (Å²) < 4.78 is 6.84. The molecule has 0 bridgehead atoms. The number of ether oxygens (including phenoxy) is 1. The maximum atomic E-state index is 13.0. The molecule has 0 saturated heterocycles. The Balaban J connectivity index is 1.81. The van der Waals surface area contributed by atoms with E-state index in [9.17, 15) is 4.79 Å². The minimum Gasteiger partial charge on any atom is -0.497 e. The molecule has 2 aliphatic rings. The average molecular weight is 354 g/mol. The van der Waals surface area contributed by atoms with Gasteiger partial charge in [-0.1, -0.05) is 11.8 Å². The maximum Gasteiger partial charge on any atom is 0.269 e. The van der Waals surface area contributed by atoms with Crippen molar-refractivity contribution in [3.05, 3.63) is 58.3 Å². The van der Waals surface area contributed by atoms with Crippen LogP contribution < -0.4 is 20.9 Å². The van der Waals surface area contributed by atoms with Crippen LogP contribution >= 0.6 is 11.8 Å². The van der Waals surface area contributed by atoms with Gasteiger partial charge >= 0.3 is 0 Å². The number of thioether (sulfide) groups is 1. The molecule has 0 radical (unpaired) electrons. The van der Waals surface area contributed by atoms with Gasteiger partial charge in [-0.3, -0.25) is 14.4 Å². The van der Waals surface area contributed by atoms with Gasteiger partial charge in [-0.25, -0.2) is 0 Å². The van der Waals surface area contributed by atoms with Crippen molar-refractivity contribution in [3.8, 4) is 11.4 Å². The summed E-state index contributed by atoms with van der Waals surface area (Å²) in [6, 6.07) is 9.44. The number of nitrogens with zero attached hydrogens (tertiary/aromatic N) is 2. The minimum atomic E-state index is -0.0790. The third kappa shape index (κ3) is 2.60. The summed E-state index contributed by atoms with van der Waals surface area (Å²) >= 11 is 1.50. The van der Waals surface area contributed by atoms with Crippen LogP contribution in [-0.4, -0.2) is 29.9 Å². The molecule has 2 aromatic rings. The number of fused-ring (bicyclic) bond motifs is 3.